The summed E-state index contributed by atoms with van der Waals surface area (Å²) in [4.78, 5) is 36.6. The number of hydrazine groups is 1. The molecular formula is C22H26BrN3O4. The van der Waals surface area contributed by atoms with E-state index in [1.165, 1.54) is 0 Å². The lowest BCUT2D eigenvalue weighted by Crippen LogP contribution is -2.41. The molecule has 0 fully saturated rings. The van der Waals surface area contributed by atoms with E-state index in [2.05, 4.69) is 39.0 Å². The fraction of sp³-hybridized carbons (Fsp3) is 0.318. The van der Waals surface area contributed by atoms with Crippen molar-refractivity contribution in [1.82, 2.24) is 10.9 Å². The van der Waals surface area contributed by atoms with E-state index in [-0.39, 0.29) is 11.8 Å². The largest absolute Gasteiger partial charge is 0.493 e. The van der Waals surface area contributed by atoms with E-state index in [1.807, 2.05) is 0 Å². The Hall–Kier alpha value is -2.87. The molecule has 2 aromatic rings. The second-order valence-corrected chi connectivity index (χ2v) is 7.89. The zero-order chi connectivity index (χ0) is 22.1. The summed E-state index contributed by atoms with van der Waals surface area (Å²) in [5.41, 5.74) is 6.05. The van der Waals surface area contributed by atoms with Crippen molar-refractivity contribution in [2.75, 3.05) is 11.9 Å². The van der Waals surface area contributed by atoms with Crippen LogP contribution in [-0.4, -0.2) is 24.3 Å². The molecule has 2 rings (SSSR count). The smallest absolute Gasteiger partial charge is 0.273 e. The number of carbonyl (C=O) groups is 3. The van der Waals surface area contributed by atoms with E-state index in [4.69, 9.17) is 4.74 Å². The van der Waals surface area contributed by atoms with E-state index in [0.717, 1.165) is 17.3 Å². The number of carbonyl (C=O) groups excluding carboxylic acids is 3. The molecular weight excluding hydrogens is 450 g/mol. The zero-order valence-electron chi connectivity index (χ0n) is 17.3. The Kier molecular flexibility index (Phi) is 8.86. The van der Waals surface area contributed by atoms with Crippen LogP contribution in [0.2, 0.25) is 0 Å². The first-order valence-electron chi connectivity index (χ1n) is 9.75. The molecule has 0 spiro atoms. The van der Waals surface area contributed by atoms with Crippen LogP contribution in [0.3, 0.4) is 0 Å². The molecule has 30 heavy (non-hydrogen) atoms. The van der Waals surface area contributed by atoms with Gasteiger partial charge >= 0.3 is 0 Å². The second kappa shape index (κ2) is 11.3. The van der Waals surface area contributed by atoms with Gasteiger partial charge in [-0.3, -0.25) is 25.2 Å². The van der Waals surface area contributed by atoms with Crippen molar-refractivity contribution in [3.8, 4) is 5.75 Å². The van der Waals surface area contributed by atoms with Gasteiger partial charge in [0.1, 0.15) is 5.75 Å². The highest BCUT2D eigenvalue weighted by atomic mass is 79.9. The van der Waals surface area contributed by atoms with E-state index in [0.29, 0.717) is 29.2 Å². The molecule has 0 heterocycles. The molecule has 8 heteroatoms. The standard InChI is InChI=1S/C22H26BrN3O4/c1-4-5-12-30-19-11-8-16(23)13-18(19)22(29)26-25-21(28)15-6-9-17(10-7-15)24-20(27)14(2)3/h6-11,13-14H,4-5,12H2,1-3H3,(H,24,27)(H,25,28)(H,26,29). The summed E-state index contributed by atoms with van der Waals surface area (Å²) in [6, 6.07) is 11.5. The zero-order valence-corrected chi connectivity index (χ0v) is 18.8. The van der Waals surface area contributed by atoms with Gasteiger partial charge in [0.05, 0.1) is 12.2 Å². The highest BCUT2D eigenvalue weighted by Gasteiger charge is 2.15. The third-order valence-electron chi connectivity index (χ3n) is 4.17. The molecule has 3 amide bonds. The molecule has 0 aliphatic heterocycles. The third kappa shape index (κ3) is 6.88. The summed E-state index contributed by atoms with van der Waals surface area (Å²) in [5, 5.41) is 2.75. The van der Waals surface area contributed by atoms with Gasteiger partial charge in [-0.2, -0.15) is 0 Å². The molecule has 0 atom stereocenters. The van der Waals surface area contributed by atoms with Gasteiger partial charge in [0.15, 0.2) is 0 Å². The molecule has 3 N–H and O–H groups in total. The molecule has 0 saturated heterocycles. The number of rotatable bonds is 8. The summed E-state index contributed by atoms with van der Waals surface area (Å²) in [7, 11) is 0. The molecule has 0 bridgehead atoms. The number of hydrogen-bond acceptors (Lipinski definition) is 4. The molecule has 160 valence electrons. The number of anilines is 1. The average Bonchev–Trinajstić information content (AvgIpc) is 2.73. The fourth-order valence-electron chi connectivity index (χ4n) is 2.38. The van der Waals surface area contributed by atoms with Gasteiger partial charge < -0.3 is 10.1 Å². The molecule has 7 nitrogen and oxygen atoms in total. The Bertz CT molecular complexity index is 898. The minimum atomic E-state index is -0.489. The number of amides is 3. The number of halogens is 1. The summed E-state index contributed by atoms with van der Waals surface area (Å²) in [6.45, 7) is 6.15. The van der Waals surface area contributed by atoms with Crippen molar-refractivity contribution >= 4 is 39.3 Å². The van der Waals surface area contributed by atoms with Crippen molar-refractivity contribution in [2.24, 2.45) is 5.92 Å². The quantitative estimate of drug-likeness (QED) is 0.391. The van der Waals surface area contributed by atoms with Crippen LogP contribution < -0.4 is 20.9 Å². The maximum absolute atomic E-state index is 12.6. The van der Waals surface area contributed by atoms with Gasteiger partial charge in [-0.05, 0) is 48.9 Å². The number of hydrogen-bond donors (Lipinski definition) is 3. The van der Waals surface area contributed by atoms with Crippen molar-refractivity contribution in [3.63, 3.8) is 0 Å². The normalized spacial score (nSPS) is 10.4. The molecule has 0 unspecified atom stereocenters. The Morgan fingerprint density at radius 2 is 1.67 bits per heavy atom. The van der Waals surface area contributed by atoms with Crippen LogP contribution in [0.25, 0.3) is 0 Å². The minimum absolute atomic E-state index is 0.106. The van der Waals surface area contributed by atoms with Gasteiger partial charge in [0.2, 0.25) is 5.91 Å². The second-order valence-electron chi connectivity index (χ2n) is 6.97. The number of unbranched alkanes of at least 4 members (excludes halogenated alkanes) is 1. The molecule has 0 aromatic heterocycles. The lowest BCUT2D eigenvalue weighted by atomic mass is 10.1. The van der Waals surface area contributed by atoms with Gasteiger partial charge in [-0.1, -0.05) is 43.1 Å². The Labute approximate surface area is 184 Å². The van der Waals surface area contributed by atoms with Gasteiger partial charge in [0.25, 0.3) is 11.8 Å². The van der Waals surface area contributed by atoms with Crippen LogP contribution in [0.1, 0.15) is 54.3 Å². The Morgan fingerprint density at radius 3 is 2.30 bits per heavy atom. The molecule has 0 aliphatic rings. The van der Waals surface area contributed by atoms with E-state index in [9.17, 15) is 14.4 Å². The van der Waals surface area contributed by atoms with Crippen LogP contribution in [0.15, 0.2) is 46.9 Å². The van der Waals surface area contributed by atoms with E-state index < -0.39 is 11.8 Å². The fourth-order valence-corrected chi connectivity index (χ4v) is 2.74. The average molecular weight is 476 g/mol. The summed E-state index contributed by atoms with van der Waals surface area (Å²) < 4.78 is 6.40. The maximum atomic E-state index is 12.6. The van der Waals surface area contributed by atoms with Crippen LogP contribution in [0.4, 0.5) is 5.69 Å². The van der Waals surface area contributed by atoms with Gasteiger partial charge in [0, 0.05) is 21.6 Å². The lowest BCUT2D eigenvalue weighted by Gasteiger charge is -2.13. The summed E-state index contributed by atoms with van der Waals surface area (Å²) >= 11 is 3.34. The number of nitrogens with one attached hydrogen (secondary N) is 3. The summed E-state index contributed by atoms with van der Waals surface area (Å²) in [5.74, 6) is -0.767. The van der Waals surface area contributed by atoms with Crippen molar-refractivity contribution in [3.05, 3.63) is 58.1 Å². The van der Waals surface area contributed by atoms with Crippen LogP contribution in [-0.2, 0) is 4.79 Å². The van der Waals surface area contributed by atoms with Gasteiger partial charge in [-0.15, -0.1) is 0 Å². The Morgan fingerprint density at radius 1 is 1.00 bits per heavy atom. The van der Waals surface area contributed by atoms with Crippen molar-refractivity contribution < 1.29 is 19.1 Å². The first kappa shape index (κ1) is 23.4. The molecule has 0 radical (unpaired) electrons. The predicted molar refractivity (Wildman–Crippen MR) is 119 cm³/mol. The molecule has 2 aromatic carbocycles. The SMILES string of the molecule is CCCCOc1ccc(Br)cc1C(=O)NNC(=O)c1ccc(NC(=O)C(C)C)cc1. The van der Waals surface area contributed by atoms with Crippen LogP contribution in [0.5, 0.6) is 5.75 Å². The van der Waals surface area contributed by atoms with E-state index in [1.54, 1.807) is 56.3 Å². The lowest BCUT2D eigenvalue weighted by molar-refractivity contribution is -0.118. The first-order chi connectivity index (χ1) is 14.3. The molecule has 0 aliphatic carbocycles. The highest BCUT2D eigenvalue weighted by molar-refractivity contribution is 9.10. The van der Waals surface area contributed by atoms with E-state index >= 15 is 0 Å². The monoisotopic (exact) mass is 475 g/mol. The van der Waals surface area contributed by atoms with Crippen molar-refractivity contribution in [1.29, 1.82) is 0 Å². The first-order valence-corrected chi connectivity index (χ1v) is 10.5. The van der Waals surface area contributed by atoms with Gasteiger partial charge in [-0.25, -0.2) is 0 Å². The van der Waals surface area contributed by atoms with Crippen molar-refractivity contribution in [2.45, 2.75) is 33.6 Å². The van der Waals surface area contributed by atoms with Crippen LogP contribution >= 0.6 is 15.9 Å². The minimum Gasteiger partial charge on any atom is -0.493 e. The predicted octanol–water partition coefficient (Wildman–Crippen LogP) is 4.30. The maximum Gasteiger partial charge on any atom is 0.273 e. The Balaban J connectivity index is 1.98. The molecule has 0 saturated carbocycles. The highest BCUT2D eigenvalue weighted by Crippen LogP contribution is 2.23. The summed E-state index contributed by atoms with van der Waals surface area (Å²) in [6.07, 6.45) is 1.86. The third-order valence-corrected chi connectivity index (χ3v) is 4.66. The topological polar surface area (TPSA) is 96.5 Å². The van der Waals surface area contributed by atoms with Crippen LogP contribution in [0, 0.1) is 5.92 Å². The number of ether oxygens (including phenoxy) is 1. The number of benzene rings is 2.